The molecule has 132 valence electrons. The topological polar surface area (TPSA) is 67.6 Å². The Labute approximate surface area is 146 Å². The van der Waals surface area contributed by atoms with Gasteiger partial charge in [0.25, 0.3) is 0 Å². The Kier molecular flexibility index (Phi) is 4.79. The van der Waals surface area contributed by atoms with Crippen LogP contribution in [-0.4, -0.2) is 19.2 Å². The molecule has 1 aliphatic heterocycles. The second kappa shape index (κ2) is 7.01. The first-order chi connectivity index (χ1) is 12.0. The summed E-state index contributed by atoms with van der Waals surface area (Å²) in [6.45, 7) is 5.34. The lowest BCUT2D eigenvalue weighted by atomic mass is 9.97. The Balaban J connectivity index is 1.84. The van der Waals surface area contributed by atoms with Crippen LogP contribution in [0.5, 0.6) is 0 Å². The Morgan fingerprint density at radius 1 is 1.32 bits per heavy atom. The van der Waals surface area contributed by atoms with Crippen LogP contribution in [0.15, 0.2) is 30.3 Å². The summed E-state index contributed by atoms with van der Waals surface area (Å²) in [6.07, 6.45) is 0.210. The van der Waals surface area contributed by atoms with Crippen molar-refractivity contribution < 1.29 is 13.9 Å². The van der Waals surface area contributed by atoms with Crippen LogP contribution in [-0.2, 0) is 17.7 Å². The third-order valence-electron chi connectivity index (χ3n) is 4.39. The van der Waals surface area contributed by atoms with E-state index in [4.69, 9.17) is 10.5 Å². The molecule has 0 spiro atoms. The molecule has 5 nitrogen and oxygen atoms in total. The highest BCUT2D eigenvalue weighted by molar-refractivity contribution is 5.90. The lowest BCUT2D eigenvalue weighted by Crippen LogP contribution is -2.31. The van der Waals surface area contributed by atoms with E-state index in [1.807, 2.05) is 11.8 Å². The number of hydrogen-bond acceptors (Lipinski definition) is 4. The molecule has 1 heterocycles. The van der Waals surface area contributed by atoms with Crippen molar-refractivity contribution in [3.63, 3.8) is 0 Å². The molecule has 2 aromatic carbocycles. The highest BCUT2D eigenvalue weighted by Crippen LogP contribution is 2.33. The number of aryl methyl sites for hydroxylation is 1. The van der Waals surface area contributed by atoms with Gasteiger partial charge >= 0.3 is 6.09 Å². The fourth-order valence-electron chi connectivity index (χ4n) is 3.10. The van der Waals surface area contributed by atoms with Gasteiger partial charge in [-0.3, -0.25) is 5.32 Å². The van der Waals surface area contributed by atoms with Crippen LogP contribution in [0.1, 0.15) is 23.6 Å². The molecular weight excluding hydrogens is 321 g/mol. The van der Waals surface area contributed by atoms with Crippen molar-refractivity contribution in [1.82, 2.24) is 0 Å². The molecule has 0 unspecified atom stereocenters. The third-order valence-corrected chi connectivity index (χ3v) is 4.39. The number of nitrogens with zero attached hydrogens (tertiary/aromatic N) is 1. The zero-order valence-electron chi connectivity index (χ0n) is 14.4. The summed E-state index contributed by atoms with van der Waals surface area (Å²) in [5.74, 6) is -0.523. The lowest BCUT2D eigenvalue weighted by molar-refractivity contribution is 0.168. The number of rotatable bonds is 3. The molecule has 0 bridgehead atoms. The van der Waals surface area contributed by atoms with Crippen LogP contribution in [0.4, 0.5) is 26.2 Å². The summed E-state index contributed by atoms with van der Waals surface area (Å²) >= 11 is 0. The minimum Gasteiger partial charge on any atom is -0.450 e. The van der Waals surface area contributed by atoms with E-state index in [9.17, 15) is 9.18 Å². The van der Waals surface area contributed by atoms with Crippen LogP contribution < -0.4 is 16.0 Å². The maximum absolute atomic E-state index is 14.8. The smallest absolute Gasteiger partial charge is 0.411 e. The average Bonchev–Trinajstić information content (AvgIpc) is 2.59. The number of carbonyl (C=O) groups excluding carboxylic acids is 1. The monoisotopic (exact) mass is 343 g/mol. The van der Waals surface area contributed by atoms with Crippen molar-refractivity contribution in [3.05, 3.63) is 52.8 Å². The fraction of sp³-hybridized carbons (Fsp3) is 0.316. The van der Waals surface area contributed by atoms with Crippen LogP contribution in [0.2, 0.25) is 0 Å². The van der Waals surface area contributed by atoms with Crippen LogP contribution in [0.25, 0.3) is 0 Å². The maximum atomic E-state index is 14.8. The Morgan fingerprint density at radius 3 is 2.88 bits per heavy atom. The summed E-state index contributed by atoms with van der Waals surface area (Å²) in [6, 6.07) is 9.63. The molecule has 0 aliphatic carbocycles. The van der Waals surface area contributed by atoms with Gasteiger partial charge in [0.1, 0.15) is 0 Å². The highest BCUT2D eigenvalue weighted by Gasteiger charge is 2.21. The van der Waals surface area contributed by atoms with E-state index in [2.05, 4.69) is 23.5 Å². The molecule has 2 aromatic rings. The number of nitrogens with two attached hydrogens (primary N) is 1. The van der Waals surface area contributed by atoms with E-state index in [1.165, 1.54) is 16.7 Å². The maximum Gasteiger partial charge on any atom is 0.411 e. The molecule has 6 heteroatoms. The van der Waals surface area contributed by atoms with E-state index in [0.717, 1.165) is 13.0 Å². The number of amides is 1. The second-order valence-electron chi connectivity index (χ2n) is 6.15. The van der Waals surface area contributed by atoms with E-state index >= 15 is 0 Å². The predicted molar refractivity (Wildman–Crippen MR) is 97.4 cm³/mol. The molecule has 1 amide bonds. The quantitative estimate of drug-likeness (QED) is 0.831. The van der Waals surface area contributed by atoms with E-state index in [1.54, 1.807) is 19.1 Å². The molecule has 0 aromatic heterocycles. The largest absolute Gasteiger partial charge is 0.450 e. The van der Waals surface area contributed by atoms with Crippen molar-refractivity contribution >= 4 is 23.2 Å². The standard InChI is InChI=1S/C19H22FN3O2/c1-3-25-19(24)22-15-6-7-16(17(20)18(15)21)23-9-8-13-5-4-12(2)10-14(13)11-23/h4-7,10H,3,8-9,11,21H2,1-2H3,(H,22,24). The van der Waals surface area contributed by atoms with E-state index < -0.39 is 11.9 Å². The first kappa shape index (κ1) is 17.1. The Morgan fingerprint density at radius 2 is 2.12 bits per heavy atom. The van der Waals surface area contributed by atoms with Gasteiger partial charge in [-0.15, -0.1) is 0 Å². The third kappa shape index (κ3) is 3.52. The van der Waals surface area contributed by atoms with E-state index in [0.29, 0.717) is 12.2 Å². The van der Waals surface area contributed by atoms with Gasteiger partial charge in [-0.2, -0.15) is 0 Å². The van der Waals surface area contributed by atoms with Gasteiger partial charge in [0, 0.05) is 13.1 Å². The van der Waals surface area contributed by atoms with Crippen molar-refractivity contribution in [3.8, 4) is 0 Å². The number of benzene rings is 2. The zero-order valence-corrected chi connectivity index (χ0v) is 14.4. The normalized spacial score (nSPS) is 13.3. The molecule has 0 saturated heterocycles. The van der Waals surface area contributed by atoms with E-state index in [-0.39, 0.29) is 18.0 Å². The average molecular weight is 343 g/mol. The highest BCUT2D eigenvalue weighted by atomic mass is 19.1. The first-order valence-electron chi connectivity index (χ1n) is 8.34. The van der Waals surface area contributed by atoms with Crippen LogP contribution in [0, 0.1) is 12.7 Å². The molecule has 0 radical (unpaired) electrons. The summed E-state index contributed by atoms with van der Waals surface area (Å²) in [5, 5.41) is 2.46. The van der Waals surface area contributed by atoms with Gasteiger partial charge in [-0.25, -0.2) is 9.18 Å². The van der Waals surface area contributed by atoms with Gasteiger partial charge in [0.2, 0.25) is 0 Å². The minimum absolute atomic E-state index is 0.0828. The number of halogens is 1. The summed E-state index contributed by atoms with van der Waals surface area (Å²) in [5.41, 5.74) is 10.2. The number of carbonyl (C=O) groups is 1. The van der Waals surface area contributed by atoms with Crippen molar-refractivity contribution in [2.45, 2.75) is 26.8 Å². The molecule has 25 heavy (non-hydrogen) atoms. The van der Waals surface area contributed by atoms with Gasteiger partial charge < -0.3 is 15.4 Å². The van der Waals surface area contributed by atoms with Gasteiger partial charge in [-0.05, 0) is 43.5 Å². The molecule has 1 aliphatic rings. The zero-order chi connectivity index (χ0) is 18.0. The minimum atomic E-state index is -0.649. The Hall–Kier alpha value is -2.76. The first-order valence-corrected chi connectivity index (χ1v) is 8.34. The number of ether oxygens (including phenoxy) is 1. The molecule has 0 atom stereocenters. The fourth-order valence-corrected chi connectivity index (χ4v) is 3.10. The van der Waals surface area contributed by atoms with Gasteiger partial charge in [0.05, 0.1) is 23.7 Å². The second-order valence-corrected chi connectivity index (χ2v) is 6.15. The van der Waals surface area contributed by atoms with Crippen molar-refractivity contribution in [1.29, 1.82) is 0 Å². The van der Waals surface area contributed by atoms with Gasteiger partial charge in [0.15, 0.2) is 5.82 Å². The van der Waals surface area contributed by atoms with Crippen LogP contribution in [0.3, 0.4) is 0 Å². The number of hydrogen-bond donors (Lipinski definition) is 2. The summed E-state index contributed by atoms with van der Waals surface area (Å²) < 4.78 is 19.6. The molecule has 0 fully saturated rings. The molecular formula is C19H22FN3O2. The SMILES string of the molecule is CCOC(=O)Nc1ccc(N2CCc3ccc(C)cc3C2)c(F)c1N. The number of nitrogen functional groups attached to an aromatic ring is 1. The van der Waals surface area contributed by atoms with Crippen molar-refractivity contribution in [2.75, 3.05) is 29.1 Å². The molecule has 3 N–H and O–H groups in total. The predicted octanol–water partition coefficient (Wildman–Crippen LogP) is 3.85. The number of fused-ring (bicyclic) bond motifs is 1. The molecule has 3 rings (SSSR count). The lowest BCUT2D eigenvalue weighted by Gasteiger charge is -2.31. The summed E-state index contributed by atoms with van der Waals surface area (Å²) in [4.78, 5) is 13.5. The number of nitrogens with one attached hydrogen (secondary N) is 1. The van der Waals surface area contributed by atoms with Gasteiger partial charge in [-0.1, -0.05) is 23.8 Å². The van der Waals surface area contributed by atoms with Crippen LogP contribution >= 0.6 is 0 Å². The number of anilines is 3. The molecule has 0 saturated carbocycles. The Bertz CT molecular complexity index is 807. The van der Waals surface area contributed by atoms with Crippen molar-refractivity contribution in [2.24, 2.45) is 0 Å². The summed E-state index contributed by atoms with van der Waals surface area (Å²) in [7, 11) is 0.